The van der Waals surface area contributed by atoms with Crippen molar-refractivity contribution in [1.82, 2.24) is 15.2 Å². The lowest BCUT2D eigenvalue weighted by Crippen LogP contribution is -2.15. The summed E-state index contributed by atoms with van der Waals surface area (Å²) in [7, 11) is 0. The minimum absolute atomic E-state index is 0.252. The number of amides is 1. The number of carbonyl (C=O) groups excluding carboxylic acids is 1. The number of nitrogen functional groups attached to an aromatic ring is 1. The number of aromatic nitrogens is 3. The Kier molecular flexibility index (Phi) is 4.59. The molecule has 0 saturated heterocycles. The maximum absolute atomic E-state index is 12.2. The first-order valence-electron chi connectivity index (χ1n) is 6.27. The fraction of sp³-hybridized carbons (Fsp3) is 0.333. The van der Waals surface area contributed by atoms with Gasteiger partial charge in [0.2, 0.25) is 5.13 Å². The van der Waals surface area contributed by atoms with Gasteiger partial charge < -0.3 is 5.43 Å². The van der Waals surface area contributed by atoms with Gasteiger partial charge in [0.15, 0.2) is 0 Å². The Morgan fingerprint density at radius 2 is 2.10 bits per heavy atom. The molecular formula is C12H16N6OS. The van der Waals surface area contributed by atoms with Crippen LogP contribution in [0.15, 0.2) is 12.1 Å². The van der Waals surface area contributed by atoms with Crippen molar-refractivity contribution in [3.8, 4) is 0 Å². The molecule has 8 heteroatoms. The molecule has 2 aromatic heterocycles. The molecule has 0 saturated carbocycles. The Hall–Kier alpha value is -2.06. The number of hydrazine groups is 1. The van der Waals surface area contributed by atoms with Crippen LogP contribution >= 0.6 is 11.3 Å². The normalized spacial score (nSPS) is 10.3. The summed E-state index contributed by atoms with van der Waals surface area (Å²) in [6.45, 7) is 3.95. The van der Waals surface area contributed by atoms with Gasteiger partial charge in [0.25, 0.3) is 5.91 Å². The average Bonchev–Trinajstić information content (AvgIpc) is 2.94. The van der Waals surface area contributed by atoms with Gasteiger partial charge in [0, 0.05) is 11.3 Å². The number of rotatable bonds is 5. The minimum atomic E-state index is -0.252. The van der Waals surface area contributed by atoms with Gasteiger partial charge in [0.1, 0.15) is 10.8 Å². The third-order valence-electron chi connectivity index (χ3n) is 2.64. The lowest BCUT2D eigenvalue weighted by Gasteiger charge is -2.06. The first-order chi connectivity index (χ1) is 9.66. The van der Waals surface area contributed by atoms with Crippen LogP contribution in [0, 0.1) is 0 Å². The van der Waals surface area contributed by atoms with Crippen LogP contribution < -0.4 is 16.6 Å². The lowest BCUT2D eigenvalue weighted by molar-refractivity contribution is 0.102. The highest BCUT2D eigenvalue weighted by Gasteiger charge is 2.12. The van der Waals surface area contributed by atoms with E-state index in [1.165, 1.54) is 11.3 Å². The topological polar surface area (TPSA) is 106 Å². The summed E-state index contributed by atoms with van der Waals surface area (Å²) in [6.07, 6.45) is 1.51. The Labute approximate surface area is 120 Å². The molecule has 2 heterocycles. The molecule has 0 spiro atoms. The van der Waals surface area contributed by atoms with Crippen molar-refractivity contribution in [2.24, 2.45) is 5.84 Å². The molecule has 0 aliphatic carbocycles. The molecule has 2 aromatic rings. The number of hydrogen-bond acceptors (Lipinski definition) is 7. The van der Waals surface area contributed by atoms with Gasteiger partial charge in [0.05, 0.1) is 0 Å². The van der Waals surface area contributed by atoms with Crippen LogP contribution in [0.4, 0.5) is 10.9 Å². The van der Waals surface area contributed by atoms with Crippen LogP contribution in [0.1, 0.15) is 34.9 Å². The average molecular weight is 292 g/mol. The van der Waals surface area contributed by atoms with Crippen molar-refractivity contribution in [3.05, 3.63) is 28.4 Å². The van der Waals surface area contributed by atoms with Gasteiger partial charge in [-0.05, 0) is 25.0 Å². The highest BCUT2D eigenvalue weighted by Crippen LogP contribution is 2.17. The van der Waals surface area contributed by atoms with Crippen LogP contribution in [0.3, 0.4) is 0 Å². The Bertz CT molecular complexity index is 589. The first-order valence-corrected chi connectivity index (χ1v) is 7.09. The third kappa shape index (κ3) is 3.28. The van der Waals surface area contributed by atoms with Crippen molar-refractivity contribution in [3.63, 3.8) is 0 Å². The molecule has 0 radical (unpaired) electrons. The van der Waals surface area contributed by atoms with E-state index in [0.29, 0.717) is 22.9 Å². The summed E-state index contributed by atoms with van der Waals surface area (Å²) in [5.41, 5.74) is 3.73. The molecule has 2 rings (SSSR count). The molecule has 106 valence electrons. The number of nitrogens with zero attached hydrogens (tertiary/aromatic N) is 3. The van der Waals surface area contributed by atoms with Gasteiger partial charge >= 0.3 is 0 Å². The third-order valence-corrected chi connectivity index (χ3v) is 3.62. The van der Waals surface area contributed by atoms with Gasteiger partial charge in [-0.25, -0.2) is 10.8 Å². The Balaban J connectivity index is 2.19. The second-order valence-corrected chi connectivity index (χ2v) is 5.10. The smallest absolute Gasteiger partial charge is 0.257 e. The monoisotopic (exact) mass is 292 g/mol. The van der Waals surface area contributed by atoms with E-state index < -0.39 is 0 Å². The van der Waals surface area contributed by atoms with Crippen LogP contribution in [0.5, 0.6) is 0 Å². The van der Waals surface area contributed by atoms with Crippen LogP contribution in [-0.2, 0) is 12.8 Å². The largest absolute Gasteiger partial charge is 0.308 e. The highest BCUT2D eigenvalue weighted by molar-refractivity contribution is 7.15. The van der Waals surface area contributed by atoms with E-state index >= 15 is 0 Å². The predicted molar refractivity (Wildman–Crippen MR) is 78.7 cm³/mol. The van der Waals surface area contributed by atoms with E-state index in [1.807, 2.05) is 13.8 Å². The summed E-state index contributed by atoms with van der Waals surface area (Å²) in [5.74, 6) is 5.56. The maximum atomic E-state index is 12.2. The molecular weight excluding hydrogens is 276 g/mol. The standard InChI is InChI=1S/C12H16N6OS/c1-3-8-5-7(6-9(14-8)16-13)11(19)15-12-18-17-10(4-2)20-12/h5-6H,3-4,13H2,1-2H3,(H,14,16)(H,15,18,19). The molecule has 7 nitrogen and oxygen atoms in total. The molecule has 0 aromatic carbocycles. The number of carbonyl (C=O) groups is 1. The zero-order valence-electron chi connectivity index (χ0n) is 11.3. The zero-order valence-corrected chi connectivity index (χ0v) is 12.1. The van der Waals surface area contributed by atoms with Crippen molar-refractivity contribution in [2.45, 2.75) is 26.7 Å². The van der Waals surface area contributed by atoms with Gasteiger partial charge in [-0.3, -0.25) is 10.1 Å². The van der Waals surface area contributed by atoms with Gasteiger partial charge in [-0.2, -0.15) is 0 Å². The quantitative estimate of drug-likeness (QED) is 0.571. The molecule has 0 unspecified atom stereocenters. The fourth-order valence-corrected chi connectivity index (χ4v) is 2.26. The number of hydrogen-bond donors (Lipinski definition) is 3. The molecule has 0 bridgehead atoms. The fourth-order valence-electron chi connectivity index (χ4n) is 1.59. The van der Waals surface area contributed by atoms with Gasteiger partial charge in [-0.15, -0.1) is 10.2 Å². The molecule has 4 N–H and O–H groups in total. The van der Waals surface area contributed by atoms with Crippen LogP contribution in [-0.4, -0.2) is 21.1 Å². The first kappa shape index (κ1) is 14.4. The van der Waals surface area contributed by atoms with Crippen LogP contribution in [0.25, 0.3) is 0 Å². The second-order valence-electron chi connectivity index (χ2n) is 4.04. The predicted octanol–water partition coefficient (Wildman–Crippen LogP) is 1.60. The number of nitrogens with one attached hydrogen (secondary N) is 2. The van der Waals surface area contributed by atoms with E-state index in [4.69, 9.17) is 5.84 Å². The van der Waals surface area contributed by atoms with Crippen molar-refractivity contribution in [2.75, 3.05) is 10.7 Å². The zero-order chi connectivity index (χ0) is 14.5. The number of aryl methyl sites for hydroxylation is 2. The van der Waals surface area contributed by atoms with E-state index in [9.17, 15) is 4.79 Å². The number of nitrogens with two attached hydrogens (primary N) is 1. The second kappa shape index (κ2) is 6.40. The van der Waals surface area contributed by atoms with E-state index in [2.05, 4.69) is 25.9 Å². The van der Waals surface area contributed by atoms with Crippen molar-refractivity contribution in [1.29, 1.82) is 0 Å². The number of anilines is 2. The van der Waals surface area contributed by atoms with Gasteiger partial charge in [-0.1, -0.05) is 25.2 Å². The molecule has 1 amide bonds. The van der Waals surface area contributed by atoms with Crippen LogP contribution in [0.2, 0.25) is 0 Å². The van der Waals surface area contributed by atoms with E-state index in [1.54, 1.807) is 12.1 Å². The molecule has 0 aliphatic rings. The highest BCUT2D eigenvalue weighted by atomic mass is 32.1. The summed E-state index contributed by atoms with van der Waals surface area (Å²) in [4.78, 5) is 16.4. The molecule has 0 atom stereocenters. The van der Waals surface area contributed by atoms with Crippen molar-refractivity contribution < 1.29 is 4.79 Å². The molecule has 0 fully saturated rings. The SMILES string of the molecule is CCc1cc(C(=O)Nc2nnc(CC)s2)cc(NN)n1. The lowest BCUT2D eigenvalue weighted by atomic mass is 10.2. The summed E-state index contributed by atoms with van der Waals surface area (Å²) in [5, 5.41) is 12.0. The summed E-state index contributed by atoms with van der Waals surface area (Å²) >= 11 is 1.37. The van der Waals surface area contributed by atoms with Crippen molar-refractivity contribution >= 4 is 28.2 Å². The Morgan fingerprint density at radius 1 is 1.30 bits per heavy atom. The minimum Gasteiger partial charge on any atom is -0.308 e. The van der Waals surface area contributed by atoms with E-state index in [-0.39, 0.29) is 5.91 Å². The molecule has 20 heavy (non-hydrogen) atoms. The van der Waals surface area contributed by atoms with E-state index in [0.717, 1.165) is 17.1 Å². The summed E-state index contributed by atoms with van der Waals surface area (Å²) in [6, 6.07) is 3.33. The number of pyridine rings is 1. The molecule has 0 aliphatic heterocycles. The maximum Gasteiger partial charge on any atom is 0.257 e. The summed E-state index contributed by atoms with van der Waals surface area (Å²) < 4.78 is 0. The Morgan fingerprint density at radius 3 is 2.70 bits per heavy atom.